The topological polar surface area (TPSA) is 35.2 Å². The first kappa shape index (κ1) is 14.9. The van der Waals surface area contributed by atoms with E-state index in [0.717, 1.165) is 10.2 Å². The van der Waals surface area contributed by atoms with E-state index in [-0.39, 0.29) is 5.41 Å². The van der Waals surface area contributed by atoms with E-state index in [4.69, 9.17) is 10.5 Å². The largest absolute Gasteiger partial charge is 0.455 e. The fourth-order valence-corrected chi connectivity index (χ4v) is 2.39. The highest BCUT2D eigenvalue weighted by atomic mass is 79.9. The van der Waals surface area contributed by atoms with Gasteiger partial charge < -0.3 is 10.5 Å². The zero-order chi connectivity index (χ0) is 14.9. The van der Waals surface area contributed by atoms with Crippen molar-refractivity contribution in [1.82, 2.24) is 0 Å². The average Bonchev–Trinajstić information content (AvgIpc) is 2.32. The molecule has 0 unspecified atom stereocenters. The molecule has 3 heteroatoms. The summed E-state index contributed by atoms with van der Waals surface area (Å²) in [5.74, 6) is 1.54. The van der Waals surface area contributed by atoms with Gasteiger partial charge >= 0.3 is 0 Å². The number of hydrogen-bond donors (Lipinski definition) is 1. The van der Waals surface area contributed by atoms with E-state index in [1.165, 1.54) is 11.1 Å². The number of hydrogen-bond acceptors (Lipinski definition) is 2. The molecular formula is C17H20BrNO. The fourth-order valence-electron chi connectivity index (χ4n) is 2.05. The number of nitrogens with two attached hydrogens (primary N) is 1. The second-order valence-electron chi connectivity index (χ2n) is 6.03. The summed E-state index contributed by atoms with van der Waals surface area (Å²) in [4.78, 5) is 0. The van der Waals surface area contributed by atoms with Crippen LogP contribution in [0, 0.1) is 6.92 Å². The van der Waals surface area contributed by atoms with Crippen molar-refractivity contribution in [2.75, 3.05) is 5.73 Å². The summed E-state index contributed by atoms with van der Waals surface area (Å²) in [5.41, 5.74) is 8.98. The number of ether oxygens (including phenoxy) is 1. The third-order valence-corrected chi connectivity index (χ3v) is 3.63. The molecule has 2 aromatic carbocycles. The molecule has 0 saturated heterocycles. The number of benzene rings is 2. The molecule has 0 atom stereocenters. The van der Waals surface area contributed by atoms with Crippen molar-refractivity contribution in [2.24, 2.45) is 0 Å². The van der Waals surface area contributed by atoms with Crippen LogP contribution in [0.2, 0.25) is 0 Å². The van der Waals surface area contributed by atoms with Crippen LogP contribution in [-0.4, -0.2) is 0 Å². The summed E-state index contributed by atoms with van der Waals surface area (Å²) in [6.07, 6.45) is 0. The lowest BCUT2D eigenvalue weighted by molar-refractivity contribution is 0.456. The minimum absolute atomic E-state index is 0.0177. The molecule has 2 N–H and O–H groups in total. The number of halogens is 1. The molecule has 106 valence electrons. The molecule has 2 rings (SSSR count). The van der Waals surface area contributed by atoms with Crippen LogP contribution in [0.15, 0.2) is 40.9 Å². The van der Waals surface area contributed by atoms with Crippen molar-refractivity contribution < 1.29 is 4.74 Å². The molecule has 0 aliphatic heterocycles. The molecule has 0 aromatic heterocycles. The van der Waals surface area contributed by atoms with Crippen LogP contribution in [-0.2, 0) is 5.41 Å². The smallest absolute Gasteiger partial charge is 0.151 e. The normalized spacial score (nSPS) is 11.4. The summed E-state index contributed by atoms with van der Waals surface area (Å²) >= 11 is 3.45. The summed E-state index contributed by atoms with van der Waals surface area (Å²) < 4.78 is 7.02. The van der Waals surface area contributed by atoms with Crippen LogP contribution >= 0.6 is 15.9 Å². The van der Waals surface area contributed by atoms with Gasteiger partial charge in [-0.1, -0.05) is 48.8 Å². The highest BCUT2D eigenvalue weighted by molar-refractivity contribution is 9.10. The van der Waals surface area contributed by atoms with Crippen molar-refractivity contribution >= 4 is 21.6 Å². The number of nitrogen functional groups attached to an aromatic ring is 1. The molecule has 0 radical (unpaired) electrons. The Morgan fingerprint density at radius 2 is 1.70 bits per heavy atom. The first-order valence-corrected chi connectivity index (χ1v) is 7.40. The molecule has 0 fully saturated rings. The van der Waals surface area contributed by atoms with E-state index in [1.807, 2.05) is 18.2 Å². The highest BCUT2D eigenvalue weighted by Crippen LogP contribution is 2.37. The number of anilines is 1. The minimum Gasteiger partial charge on any atom is -0.455 e. The molecule has 0 saturated carbocycles. The highest BCUT2D eigenvalue weighted by Gasteiger charge is 2.19. The Kier molecular flexibility index (Phi) is 4.09. The van der Waals surface area contributed by atoms with E-state index >= 15 is 0 Å². The molecule has 20 heavy (non-hydrogen) atoms. The van der Waals surface area contributed by atoms with Crippen molar-refractivity contribution in [1.29, 1.82) is 0 Å². The second-order valence-corrected chi connectivity index (χ2v) is 6.95. The van der Waals surface area contributed by atoms with Gasteiger partial charge in [-0.15, -0.1) is 0 Å². The Labute approximate surface area is 129 Å². The van der Waals surface area contributed by atoms with Gasteiger partial charge in [0, 0.05) is 10.0 Å². The van der Waals surface area contributed by atoms with Gasteiger partial charge in [0.15, 0.2) is 5.75 Å². The van der Waals surface area contributed by atoms with E-state index < -0.39 is 0 Å². The lowest BCUT2D eigenvalue weighted by Crippen LogP contribution is -2.12. The lowest BCUT2D eigenvalue weighted by atomic mass is 9.86. The Morgan fingerprint density at radius 3 is 2.35 bits per heavy atom. The number of aryl methyl sites for hydroxylation is 1. The monoisotopic (exact) mass is 333 g/mol. The van der Waals surface area contributed by atoms with Crippen molar-refractivity contribution in [2.45, 2.75) is 33.1 Å². The van der Waals surface area contributed by atoms with Gasteiger partial charge in [-0.25, -0.2) is 0 Å². The van der Waals surface area contributed by atoms with Crippen molar-refractivity contribution in [3.63, 3.8) is 0 Å². The zero-order valence-electron chi connectivity index (χ0n) is 12.3. The van der Waals surface area contributed by atoms with Gasteiger partial charge in [-0.3, -0.25) is 0 Å². The third kappa shape index (κ3) is 3.34. The van der Waals surface area contributed by atoms with Gasteiger partial charge in [0.1, 0.15) is 5.75 Å². The molecule has 0 spiro atoms. The molecule has 0 bridgehead atoms. The van der Waals surface area contributed by atoms with Crippen molar-refractivity contribution in [3.05, 3.63) is 52.0 Å². The van der Waals surface area contributed by atoms with Crippen LogP contribution in [0.5, 0.6) is 11.5 Å². The van der Waals surface area contributed by atoms with E-state index in [2.05, 4.69) is 61.8 Å². The predicted octanol–water partition coefficient (Wildman–Crippen LogP) is 5.43. The van der Waals surface area contributed by atoms with Crippen LogP contribution in [0.4, 0.5) is 5.69 Å². The predicted molar refractivity (Wildman–Crippen MR) is 88.5 cm³/mol. The first-order valence-electron chi connectivity index (χ1n) is 6.61. The molecular weight excluding hydrogens is 314 g/mol. The maximum atomic E-state index is 6.07. The summed E-state index contributed by atoms with van der Waals surface area (Å²) in [6, 6.07) is 11.9. The maximum Gasteiger partial charge on any atom is 0.151 e. The van der Waals surface area contributed by atoms with Crippen LogP contribution in [0.3, 0.4) is 0 Å². The van der Waals surface area contributed by atoms with Gasteiger partial charge in [0.2, 0.25) is 0 Å². The van der Waals surface area contributed by atoms with Crippen LogP contribution in [0.25, 0.3) is 0 Å². The molecule has 0 heterocycles. The van der Waals surface area contributed by atoms with Gasteiger partial charge in [0.05, 0.1) is 5.69 Å². The quantitative estimate of drug-likeness (QED) is 0.743. The lowest BCUT2D eigenvalue weighted by Gasteiger charge is -2.23. The van der Waals surface area contributed by atoms with Gasteiger partial charge in [0.25, 0.3) is 0 Å². The fraction of sp³-hybridized carbons (Fsp3) is 0.294. The second kappa shape index (κ2) is 5.49. The van der Waals surface area contributed by atoms with Crippen molar-refractivity contribution in [3.8, 4) is 11.5 Å². The minimum atomic E-state index is 0.0177. The van der Waals surface area contributed by atoms with Crippen LogP contribution in [0.1, 0.15) is 31.9 Å². The van der Waals surface area contributed by atoms with E-state index in [1.54, 1.807) is 0 Å². The third-order valence-electron chi connectivity index (χ3n) is 3.14. The van der Waals surface area contributed by atoms with E-state index in [0.29, 0.717) is 11.4 Å². The van der Waals surface area contributed by atoms with E-state index in [9.17, 15) is 0 Å². The average molecular weight is 334 g/mol. The Bertz CT molecular complexity index is 629. The summed E-state index contributed by atoms with van der Waals surface area (Å²) in [7, 11) is 0. The Balaban J connectivity index is 2.47. The first-order chi connectivity index (χ1) is 9.27. The molecule has 0 aliphatic rings. The molecule has 2 nitrogen and oxygen atoms in total. The summed E-state index contributed by atoms with van der Waals surface area (Å²) in [6.45, 7) is 8.59. The Hall–Kier alpha value is -1.48. The standard InChI is InChI=1S/C17H20BrNO/c1-11-5-7-13(17(2,3)4)15(9-11)20-16-10-12(18)6-8-14(16)19/h5-10H,19H2,1-4H3. The maximum absolute atomic E-state index is 6.07. The zero-order valence-corrected chi connectivity index (χ0v) is 13.9. The molecule has 0 aliphatic carbocycles. The molecule has 2 aromatic rings. The summed E-state index contributed by atoms with van der Waals surface area (Å²) in [5, 5.41) is 0. The van der Waals surface area contributed by atoms with Gasteiger partial charge in [-0.2, -0.15) is 0 Å². The SMILES string of the molecule is Cc1ccc(C(C)(C)C)c(Oc2cc(Br)ccc2N)c1. The molecule has 0 amide bonds. The number of rotatable bonds is 2. The Morgan fingerprint density at radius 1 is 1.00 bits per heavy atom. The van der Waals surface area contributed by atoms with Gasteiger partial charge in [-0.05, 0) is 42.2 Å². The van der Waals surface area contributed by atoms with Crippen LogP contribution < -0.4 is 10.5 Å².